The van der Waals surface area contributed by atoms with Gasteiger partial charge in [0, 0.05) is 25.9 Å². The van der Waals surface area contributed by atoms with Gasteiger partial charge in [-0.1, -0.05) is 5.16 Å². The molecule has 0 bridgehead atoms. The lowest BCUT2D eigenvalue weighted by Gasteiger charge is -2.05. The Morgan fingerprint density at radius 3 is 2.79 bits per heavy atom. The van der Waals surface area contributed by atoms with Crippen molar-refractivity contribution in [3.05, 3.63) is 11.7 Å². The number of aromatic nitrogens is 2. The number of hydrogen-bond donors (Lipinski definition) is 1. The predicted octanol–water partition coefficient (Wildman–Crippen LogP) is -0.0644. The van der Waals surface area contributed by atoms with E-state index in [1.54, 1.807) is 0 Å². The lowest BCUT2D eigenvalue weighted by Crippen LogP contribution is -2.15. The third-order valence-electron chi connectivity index (χ3n) is 1.88. The summed E-state index contributed by atoms with van der Waals surface area (Å²) in [6.45, 7) is 1.82. The van der Waals surface area contributed by atoms with Crippen LogP contribution < -0.4 is 5.32 Å². The van der Waals surface area contributed by atoms with Crippen molar-refractivity contribution in [3.63, 3.8) is 0 Å². The number of likely N-dealkylation sites (N-methyl/N-ethyl adjacent to an activating group) is 2. The number of rotatable bonds is 6. The minimum atomic E-state index is 0.727. The smallest absolute Gasteiger partial charge is 0.227 e. The highest BCUT2D eigenvalue weighted by atomic mass is 16.5. The van der Waals surface area contributed by atoms with Crippen LogP contribution in [-0.4, -0.2) is 49.3 Å². The quantitative estimate of drug-likeness (QED) is 0.693. The lowest BCUT2D eigenvalue weighted by molar-refractivity contribution is 0.342. The van der Waals surface area contributed by atoms with Crippen molar-refractivity contribution in [2.24, 2.45) is 0 Å². The molecule has 0 amide bonds. The highest BCUT2D eigenvalue weighted by Crippen LogP contribution is 1.99. The van der Waals surface area contributed by atoms with Crippen molar-refractivity contribution in [3.8, 4) is 0 Å². The van der Waals surface area contributed by atoms with E-state index >= 15 is 0 Å². The molecule has 1 heterocycles. The van der Waals surface area contributed by atoms with E-state index in [4.69, 9.17) is 4.52 Å². The zero-order valence-electron chi connectivity index (χ0n) is 9.08. The maximum Gasteiger partial charge on any atom is 0.227 e. The molecule has 0 saturated carbocycles. The van der Waals surface area contributed by atoms with Gasteiger partial charge in [-0.05, 0) is 21.1 Å². The Balaban J connectivity index is 2.35. The Bertz CT molecular complexity index is 259. The van der Waals surface area contributed by atoms with Crippen molar-refractivity contribution >= 4 is 0 Å². The SMILES string of the molecule is CNCCc1noc(CCN(C)C)n1. The molecular formula is C9H18N4O. The standard InChI is InChI=1S/C9H18N4O/c1-10-6-4-8-11-9(14-12-8)5-7-13(2)3/h10H,4-7H2,1-3H3. The molecule has 0 saturated heterocycles. The second-order valence-corrected chi connectivity index (χ2v) is 3.51. The summed E-state index contributed by atoms with van der Waals surface area (Å²) >= 11 is 0. The number of nitrogens with zero attached hydrogens (tertiary/aromatic N) is 3. The molecule has 0 aromatic carbocycles. The van der Waals surface area contributed by atoms with Gasteiger partial charge in [0.1, 0.15) is 0 Å². The topological polar surface area (TPSA) is 54.2 Å². The van der Waals surface area contributed by atoms with Gasteiger partial charge in [0.25, 0.3) is 0 Å². The van der Waals surface area contributed by atoms with Gasteiger partial charge < -0.3 is 14.7 Å². The molecular weight excluding hydrogens is 180 g/mol. The van der Waals surface area contributed by atoms with Gasteiger partial charge >= 0.3 is 0 Å². The summed E-state index contributed by atoms with van der Waals surface area (Å²) in [5, 5.41) is 6.93. The molecule has 0 unspecified atom stereocenters. The molecule has 1 rings (SSSR count). The first-order valence-corrected chi connectivity index (χ1v) is 4.83. The summed E-state index contributed by atoms with van der Waals surface area (Å²) < 4.78 is 5.10. The van der Waals surface area contributed by atoms with E-state index in [0.717, 1.165) is 37.6 Å². The maximum absolute atomic E-state index is 5.10. The van der Waals surface area contributed by atoms with Gasteiger partial charge in [0.2, 0.25) is 5.89 Å². The van der Waals surface area contributed by atoms with Crippen LogP contribution in [-0.2, 0) is 12.8 Å². The van der Waals surface area contributed by atoms with E-state index in [-0.39, 0.29) is 0 Å². The number of hydrogen-bond acceptors (Lipinski definition) is 5. The normalized spacial score (nSPS) is 11.1. The first-order chi connectivity index (χ1) is 6.72. The van der Waals surface area contributed by atoms with Crippen LogP contribution in [0.2, 0.25) is 0 Å². The average molecular weight is 198 g/mol. The van der Waals surface area contributed by atoms with Gasteiger partial charge in [-0.2, -0.15) is 4.98 Å². The van der Waals surface area contributed by atoms with Gasteiger partial charge in [-0.3, -0.25) is 0 Å². The Hall–Kier alpha value is -0.940. The Kier molecular flexibility index (Phi) is 4.55. The predicted molar refractivity (Wildman–Crippen MR) is 54.2 cm³/mol. The van der Waals surface area contributed by atoms with Crippen molar-refractivity contribution in [2.75, 3.05) is 34.2 Å². The van der Waals surface area contributed by atoms with E-state index in [1.807, 2.05) is 21.1 Å². The van der Waals surface area contributed by atoms with Gasteiger partial charge in [-0.15, -0.1) is 0 Å². The second kappa shape index (κ2) is 5.72. The first-order valence-electron chi connectivity index (χ1n) is 4.83. The Morgan fingerprint density at radius 2 is 2.14 bits per heavy atom. The van der Waals surface area contributed by atoms with Crippen LogP contribution in [0.1, 0.15) is 11.7 Å². The zero-order valence-corrected chi connectivity index (χ0v) is 9.08. The first kappa shape index (κ1) is 11.1. The van der Waals surface area contributed by atoms with E-state index in [0.29, 0.717) is 0 Å². The molecule has 0 aliphatic carbocycles. The average Bonchev–Trinajstić information content (AvgIpc) is 2.59. The number of nitrogens with one attached hydrogen (secondary N) is 1. The molecule has 1 N–H and O–H groups in total. The molecule has 0 fully saturated rings. The molecule has 1 aromatic heterocycles. The van der Waals surface area contributed by atoms with Crippen LogP contribution >= 0.6 is 0 Å². The summed E-state index contributed by atoms with van der Waals surface area (Å²) in [5.74, 6) is 1.51. The fraction of sp³-hybridized carbons (Fsp3) is 0.778. The van der Waals surface area contributed by atoms with Crippen LogP contribution in [0.3, 0.4) is 0 Å². The molecule has 14 heavy (non-hydrogen) atoms. The highest BCUT2D eigenvalue weighted by molar-refractivity contribution is 4.87. The van der Waals surface area contributed by atoms with Crippen LogP contribution in [0.15, 0.2) is 4.52 Å². The Morgan fingerprint density at radius 1 is 1.36 bits per heavy atom. The monoisotopic (exact) mass is 198 g/mol. The van der Waals surface area contributed by atoms with E-state index in [1.165, 1.54) is 0 Å². The van der Waals surface area contributed by atoms with E-state index < -0.39 is 0 Å². The lowest BCUT2D eigenvalue weighted by atomic mass is 10.4. The van der Waals surface area contributed by atoms with Gasteiger partial charge in [-0.25, -0.2) is 0 Å². The van der Waals surface area contributed by atoms with Crippen molar-refractivity contribution in [2.45, 2.75) is 12.8 Å². The van der Waals surface area contributed by atoms with Crippen molar-refractivity contribution in [1.82, 2.24) is 20.4 Å². The van der Waals surface area contributed by atoms with E-state index in [9.17, 15) is 0 Å². The molecule has 80 valence electrons. The molecule has 0 radical (unpaired) electrons. The highest BCUT2D eigenvalue weighted by Gasteiger charge is 2.05. The van der Waals surface area contributed by atoms with E-state index in [2.05, 4.69) is 20.4 Å². The van der Waals surface area contributed by atoms with Crippen LogP contribution in [0, 0.1) is 0 Å². The Labute approximate surface area is 84.5 Å². The molecule has 0 aliphatic heterocycles. The minimum Gasteiger partial charge on any atom is -0.339 e. The summed E-state index contributed by atoms with van der Waals surface area (Å²) in [6, 6.07) is 0. The van der Waals surface area contributed by atoms with Crippen LogP contribution in [0.25, 0.3) is 0 Å². The molecule has 0 aliphatic rings. The molecule has 0 atom stereocenters. The van der Waals surface area contributed by atoms with Crippen molar-refractivity contribution in [1.29, 1.82) is 0 Å². The zero-order chi connectivity index (χ0) is 10.4. The van der Waals surface area contributed by atoms with Crippen molar-refractivity contribution < 1.29 is 4.52 Å². The molecule has 5 nitrogen and oxygen atoms in total. The summed E-state index contributed by atoms with van der Waals surface area (Å²) in [6.07, 6.45) is 1.64. The van der Waals surface area contributed by atoms with Crippen LogP contribution in [0.5, 0.6) is 0 Å². The molecule has 5 heteroatoms. The maximum atomic E-state index is 5.10. The third-order valence-corrected chi connectivity index (χ3v) is 1.88. The largest absolute Gasteiger partial charge is 0.339 e. The third kappa shape index (κ3) is 3.85. The molecule has 0 spiro atoms. The van der Waals surface area contributed by atoms with Gasteiger partial charge in [0.05, 0.1) is 0 Å². The van der Waals surface area contributed by atoms with Gasteiger partial charge in [0.15, 0.2) is 5.82 Å². The summed E-state index contributed by atoms with van der Waals surface area (Å²) in [7, 11) is 5.96. The molecule has 1 aromatic rings. The minimum absolute atomic E-state index is 0.727. The fourth-order valence-electron chi connectivity index (χ4n) is 1.05. The summed E-state index contributed by atoms with van der Waals surface area (Å²) in [5.41, 5.74) is 0. The fourth-order valence-corrected chi connectivity index (χ4v) is 1.05. The summed E-state index contributed by atoms with van der Waals surface area (Å²) in [4.78, 5) is 6.37. The second-order valence-electron chi connectivity index (χ2n) is 3.51. The van der Waals surface area contributed by atoms with Crippen LogP contribution in [0.4, 0.5) is 0 Å².